The van der Waals surface area contributed by atoms with Gasteiger partial charge in [0.1, 0.15) is 12.1 Å². The fourth-order valence-electron chi connectivity index (χ4n) is 3.94. The number of nitrogens with zero attached hydrogens (tertiary/aromatic N) is 1. The Bertz CT molecular complexity index is 185. The highest BCUT2D eigenvalue weighted by Crippen LogP contribution is 2.54. The zero-order chi connectivity index (χ0) is 8.07. The lowest BCUT2D eigenvalue weighted by Crippen LogP contribution is -2.34. The van der Waals surface area contributed by atoms with Crippen LogP contribution in [0.4, 0.5) is 0 Å². The molecule has 3 aliphatic rings. The fraction of sp³-hybridized carbons (Fsp3) is 1.00. The quantitative estimate of drug-likeness (QED) is 0.383. The third-order valence-corrected chi connectivity index (χ3v) is 4.71. The van der Waals surface area contributed by atoms with Gasteiger partial charge in [0.2, 0.25) is 0 Å². The summed E-state index contributed by atoms with van der Waals surface area (Å²) in [6.45, 7) is 4.62. The van der Waals surface area contributed by atoms with Crippen molar-refractivity contribution >= 4 is 0 Å². The molecule has 0 amide bonds. The molecule has 0 N–H and O–H groups in total. The van der Waals surface area contributed by atoms with Gasteiger partial charge in [-0.15, -0.1) is 0 Å². The van der Waals surface area contributed by atoms with Gasteiger partial charge in [0, 0.05) is 25.7 Å². The molecule has 0 aromatic heterocycles. The standard InChI is InChI=1S/C11H20N/c1-2-6-11(7-3-1)10-12(11)8-4-5-9-12/h1-10H2/q+1. The Labute approximate surface area is 75.3 Å². The van der Waals surface area contributed by atoms with Crippen LogP contribution in [0.5, 0.6) is 0 Å². The fourth-order valence-corrected chi connectivity index (χ4v) is 3.94. The molecule has 0 radical (unpaired) electrons. The lowest BCUT2D eigenvalue weighted by Gasteiger charge is -2.25. The van der Waals surface area contributed by atoms with Gasteiger partial charge in [-0.1, -0.05) is 6.42 Å². The average molecular weight is 166 g/mol. The van der Waals surface area contributed by atoms with Crippen molar-refractivity contribution in [3.63, 3.8) is 0 Å². The first kappa shape index (κ1) is 7.37. The SMILES string of the molecule is C1CCC2(CC1)C[N+]21CCCC1. The number of quaternary nitrogens is 1. The lowest BCUT2D eigenvalue weighted by atomic mass is 9.88. The molecule has 3 fully saturated rings. The predicted octanol–water partition coefficient (Wildman–Crippen LogP) is 2.31. The van der Waals surface area contributed by atoms with Crippen LogP contribution in [0, 0.1) is 0 Å². The molecule has 2 aliphatic heterocycles. The molecule has 0 atom stereocenters. The number of hydrogen-bond acceptors (Lipinski definition) is 0. The second-order valence-electron chi connectivity index (χ2n) is 5.24. The normalized spacial score (nSPS) is 36.0. The minimum absolute atomic E-state index is 0.842. The van der Waals surface area contributed by atoms with E-state index in [0.717, 1.165) is 5.54 Å². The van der Waals surface area contributed by atoms with E-state index >= 15 is 0 Å². The van der Waals surface area contributed by atoms with Gasteiger partial charge in [0.15, 0.2) is 0 Å². The van der Waals surface area contributed by atoms with Crippen molar-refractivity contribution in [3.8, 4) is 0 Å². The van der Waals surface area contributed by atoms with E-state index in [4.69, 9.17) is 0 Å². The van der Waals surface area contributed by atoms with E-state index < -0.39 is 0 Å². The van der Waals surface area contributed by atoms with Gasteiger partial charge < -0.3 is 4.48 Å². The van der Waals surface area contributed by atoms with E-state index in [2.05, 4.69) is 0 Å². The maximum Gasteiger partial charge on any atom is 0.149 e. The van der Waals surface area contributed by atoms with Crippen molar-refractivity contribution in [2.75, 3.05) is 19.6 Å². The van der Waals surface area contributed by atoms with Crippen molar-refractivity contribution < 1.29 is 4.48 Å². The maximum atomic E-state index is 1.56. The molecule has 1 heteroatoms. The van der Waals surface area contributed by atoms with E-state index in [1.54, 1.807) is 23.9 Å². The van der Waals surface area contributed by atoms with Crippen molar-refractivity contribution in [2.24, 2.45) is 0 Å². The molecule has 1 aliphatic carbocycles. The highest BCUT2D eigenvalue weighted by Gasteiger charge is 2.68. The highest BCUT2D eigenvalue weighted by molar-refractivity contribution is 4.98. The highest BCUT2D eigenvalue weighted by atomic mass is 15.6. The largest absolute Gasteiger partial charge is 0.309 e. The van der Waals surface area contributed by atoms with Crippen LogP contribution in [0.15, 0.2) is 0 Å². The molecule has 2 spiro atoms. The summed E-state index contributed by atoms with van der Waals surface area (Å²) in [6.07, 6.45) is 10.7. The van der Waals surface area contributed by atoms with Crippen LogP contribution in [-0.2, 0) is 0 Å². The van der Waals surface area contributed by atoms with Gasteiger partial charge in [-0.05, 0) is 12.8 Å². The van der Waals surface area contributed by atoms with Gasteiger partial charge in [-0.2, -0.15) is 0 Å². The number of hydrogen-bond donors (Lipinski definition) is 0. The third-order valence-electron chi connectivity index (χ3n) is 4.71. The summed E-state index contributed by atoms with van der Waals surface area (Å²) in [5, 5.41) is 0. The van der Waals surface area contributed by atoms with Crippen LogP contribution in [-0.4, -0.2) is 29.7 Å². The first-order valence-electron chi connectivity index (χ1n) is 5.73. The number of rotatable bonds is 0. The summed E-state index contributed by atoms with van der Waals surface area (Å²) in [5.41, 5.74) is 0.842. The summed E-state index contributed by atoms with van der Waals surface area (Å²) in [7, 11) is 0. The molecule has 12 heavy (non-hydrogen) atoms. The van der Waals surface area contributed by atoms with Crippen molar-refractivity contribution in [3.05, 3.63) is 0 Å². The molecule has 2 saturated heterocycles. The van der Waals surface area contributed by atoms with Gasteiger partial charge >= 0.3 is 0 Å². The Hall–Kier alpha value is -0.0400. The van der Waals surface area contributed by atoms with Crippen LogP contribution < -0.4 is 0 Å². The van der Waals surface area contributed by atoms with Crippen LogP contribution in [0.25, 0.3) is 0 Å². The van der Waals surface area contributed by atoms with Crippen molar-refractivity contribution in [1.82, 2.24) is 0 Å². The van der Waals surface area contributed by atoms with E-state index in [1.807, 2.05) is 0 Å². The zero-order valence-corrected chi connectivity index (χ0v) is 8.02. The average Bonchev–Trinajstić information content (AvgIpc) is 2.47. The van der Waals surface area contributed by atoms with Crippen LogP contribution in [0.3, 0.4) is 0 Å². The molecule has 0 aromatic carbocycles. The van der Waals surface area contributed by atoms with Crippen LogP contribution in [0.2, 0.25) is 0 Å². The molecule has 2 heterocycles. The molecule has 68 valence electrons. The van der Waals surface area contributed by atoms with Gasteiger partial charge in [-0.3, -0.25) is 0 Å². The summed E-state index contributed by atoms with van der Waals surface area (Å²) >= 11 is 0. The monoisotopic (exact) mass is 166 g/mol. The van der Waals surface area contributed by atoms with Crippen LogP contribution >= 0.6 is 0 Å². The first-order valence-corrected chi connectivity index (χ1v) is 5.73. The van der Waals surface area contributed by atoms with Crippen LogP contribution in [0.1, 0.15) is 44.9 Å². The van der Waals surface area contributed by atoms with Gasteiger partial charge in [-0.25, -0.2) is 0 Å². The minimum atomic E-state index is 0.842. The lowest BCUT2D eigenvalue weighted by molar-refractivity contribution is -0.818. The summed E-state index contributed by atoms with van der Waals surface area (Å²) in [4.78, 5) is 0. The third kappa shape index (κ3) is 0.783. The second-order valence-corrected chi connectivity index (χ2v) is 5.24. The maximum absolute atomic E-state index is 1.56. The van der Waals surface area contributed by atoms with E-state index in [0.29, 0.717) is 0 Å². The molecular formula is C11H20N+. The number of fused-ring (bicyclic) bond motifs is 1. The van der Waals surface area contributed by atoms with Gasteiger partial charge in [0.05, 0.1) is 13.1 Å². The minimum Gasteiger partial charge on any atom is -0.309 e. The Morgan fingerprint density at radius 1 is 0.750 bits per heavy atom. The first-order chi connectivity index (χ1) is 5.87. The van der Waals surface area contributed by atoms with E-state index in [1.165, 1.54) is 45.2 Å². The van der Waals surface area contributed by atoms with Crippen molar-refractivity contribution in [1.29, 1.82) is 0 Å². The van der Waals surface area contributed by atoms with Crippen molar-refractivity contribution in [2.45, 2.75) is 50.5 Å². The summed E-state index contributed by atoms with van der Waals surface area (Å²) in [5.74, 6) is 0. The Kier molecular flexibility index (Phi) is 1.39. The van der Waals surface area contributed by atoms with E-state index in [9.17, 15) is 0 Å². The predicted molar refractivity (Wildman–Crippen MR) is 49.9 cm³/mol. The second kappa shape index (κ2) is 2.25. The summed E-state index contributed by atoms with van der Waals surface area (Å²) in [6, 6.07) is 0. The Balaban J connectivity index is 1.77. The zero-order valence-electron chi connectivity index (χ0n) is 8.02. The molecule has 1 nitrogen and oxygen atoms in total. The Morgan fingerprint density at radius 2 is 1.42 bits per heavy atom. The molecular weight excluding hydrogens is 146 g/mol. The summed E-state index contributed by atoms with van der Waals surface area (Å²) < 4.78 is 1.56. The molecule has 0 unspecified atom stereocenters. The van der Waals surface area contributed by atoms with E-state index in [-0.39, 0.29) is 0 Å². The smallest absolute Gasteiger partial charge is 0.149 e. The van der Waals surface area contributed by atoms with Gasteiger partial charge in [0.25, 0.3) is 0 Å². The topological polar surface area (TPSA) is 0 Å². The molecule has 0 aromatic rings. The Morgan fingerprint density at radius 3 is 2.08 bits per heavy atom. The molecule has 1 saturated carbocycles. The molecule has 0 bridgehead atoms. The molecule has 3 rings (SSSR count).